The molecule has 0 fully saturated rings. The Kier molecular flexibility index (Phi) is 6.18. The van der Waals surface area contributed by atoms with E-state index in [2.05, 4.69) is 86.1 Å². The van der Waals surface area contributed by atoms with Crippen molar-refractivity contribution in [2.24, 2.45) is 0 Å². The number of hydrogen-bond acceptors (Lipinski definition) is 1. The molecular weight excluding hydrogens is 364 g/mol. The van der Waals surface area contributed by atoms with E-state index < -0.39 is 0 Å². The van der Waals surface area contributed by atoms with Crippen molar-refractivity contribution in [1.82, 2.24) is 4.90 Å². The average Bonchev–Trinajstić information content (AvgIpc) is 3.30. The van der Waals surface area contributed by atoms with E-state index in [-0.39, 0.29) is 0 Å². The zero-order valence-electron chi connectivity index (χ0n) is 21.2. The predicted molar refractivity (Wildman–Crippen MR) is 131 cm³/mol. The third kappa shape index (κ3) is 3.59. The van der Waals surface area contributed by atoms with Gasteiger partial charge in [0.2, 0.25) is 0 Å². The molecule has 2 nitrogen and oxygen atoms in total. The van der Waals surface area contributed by atoms with Crippen molar-refractivity contribution in [3.63, 3.8) is 0 Å². The maximum Gasteiger partial charge on any atom is 0.183 e. The van der Waals surface area contributed by atoms with Crippen LogP contribution in [0.5, 0.6) is 0 Å². The lowest BCUT2D eigenvalue weighted by molar-refractivity contribution is -0.464. The minimum absolute atomic E-state index is 1.07. The molecule has 0 heterocycles. The second-order valence-electron chi connectivity index (χ2n) is 9.83. The summed E-state index contributed by atoms with van der Waals surface area (Å²) < 4.78 is 2.29. The van der Waals surface area contributed by atoms with E-state index in [1.54, 1.807) is 22.3 Å². The topological polar surface area (TPSA) is 6.25 Å². The van der Waals surface area contributed by atoms with Gasteiger partial charge in [0.25, 0.3) is 0 Å². The molecule has 162 valence electrons. The standard InChI is InChI=1S/C28H41N2/c1-16-18(3)27(29(8)9)14-25(16)21(6)23-12-13-24(20(23)5)22(7)26-15-28(30(10)11)19(4)17(26)2/h12-15H2,1-11H3/q+1. The summed E-state index contributed by atoms with van der Waals surface area (Å²) in [5.74, 6) is 0. The lowest BCUT2D eigenvalue weighted by Gasteiger charge is -2.17. The third-order valence-corrected chi connectivity index (χ3v) is 8.01. The van der Waals surface area contributed by atoms with Crippen molar-refractivity contribution in [1.29, 1.82) is 0 Å². The monoisotopic (exact) mass is 405 g/mol. The van der Waals surface area contributed by atoms with Crippen molar-refractivity contribution in [2.75, 3.05) is 28.2 Å². The largest absolute Gasteiger partial charge is 0.380 e. The van der Waals surface area contributed by atoms with Crippen LogP contribution in [0.25, 0.3) is 0 Å². The van der Waals surface area contributed by atoms with Crippen LogP contribution in [0.3, 0.4) is 0 Å². The van der Waals surface area contributed by atoms with Crippen LogP contribution in [0.15, 0.2) is 67.0 Å². The fourth-order valence-electron chi connectivity index (χ4n) is 5.67. The van der Waals surface area contributed by atoms with Crippen LogP contribution in [-0.4, -0.2) is 43.4 Å². The summed E-state index contributed by atoms with van der Waals surface area (Å²) in [6, 6.07) is 0. The highest BCUT2D eigenvalue weighted by Crippen LogP contribution is 2.45. The number of hydrogen-bond donors (Lipinski definition) is 0. The zero-order chi connectivity index (χ0) is 22.5. The molecule has 0 bridgehead atoms. The van der Waals surface area contributed by atoms with Crippen molar-refractivity contribution in [3.8, 4) is 0 Å². The first-order valence-electron chi connectivity index (χ1n) is 11.4. The molecular formula is C28H41N2+. The second-order valence-corrected chi connectivity index (χ2v) is 9.83. The summed E-state index contributed by atoms with van der Waals surface area (Å²) >= 11 is 0. The summed E-state index contributed by atoms with van der Waals surface area (Å²) in [6.45, 7) is 16.3. The Balaban J connectivity index is 2.02. The van der Waals surface area contributed by atoms with Crippen LogP contribution >= 0.6 is 0 Å². The van der Waals surface area contributed by atoms with E-state index in [4.69, 9.17) is 0 Å². The van der Waals surface area contributed by atoms with Crippen LogP contribution in [0.1, 0.15) is 74.1 Å². The highest BCUT2D eigenvalue weighted by Gasteiger charge is 2.30. The minimum atomic E-state index is 1.07. The third-order valence-electron chi connectivity index (χ3n) is 8.01. The quantitative estimate of drug-likeness (QED) is 0.471. The average molecular weight is 406 g/mol. The number of allylic oxidation sites excluding steroid dienone is 11. The van der Waals surface area contributed by atoms with Gasteiger partial charge in [-0.2, -0.15) is 0 Å². The molecule has 0 amide bonds. The van der Waals surface area contributed by atoms with E-state index in [1.165, 1.54) is 63.3 Å². The summed E-state index contributed by atoms with van der Waals surface area (Å²) in [6.07, 6.45) is 4.50. The van der Waals surface area contributed by atoms with Gasteiger partial charge in [0.15, 0.2) is 5.71 Å². The fourth-order valence-corrected chi connectivity index (χ4v) is 5.67. The molecule has 0 spiro atoms. The van der Waals surface area contributed by atoms with Crippen molar-refractivity contribution in [2.45, 2.75) is 74.1 Å². The van der Waals surface area contributed by atoms with Crippen LogP contribution in [0, 0.1) is 0 Å². The highest BCUT2D eigenvalue weighted by molar-refractivity contribution is 6.03. The van der Waals surface area contributed by atoms with E-state index in [9.17, 15) is 0 Å². The highest BCUT2D eigenvalue weighted by atomic mass is 15.1. The molecule has 30 heavy (non-hydrogen) atoms. The van der Waals surface area contributed by atoms with Gasteiger partial charge in [-0.25, -0.2) is 4.58 Å². The van der Waals surface area contributed by atoms with E-state index in [0.29, 0.717) is 0 Å². The maximum atomic E-state index is 2.36. The van der Waals surface area contributed by atoms with Gasteiger partial charge >= 0.3 is 0 Å². The molecule has 0 radical (unpaired) electrons. The summed E-state index contributed by atoms with van der Waals surface area (Å²) in [4.78, 5) is 2.29. The van der Waals surface area contributed by atoms with Gasteiger partial charge in [-0.05, 0) is 117 Å². The van der Waals surface area contributed by atoms with E-state index >= 15 is 0 Å². The summed E-state index contributed by atoms with van der Waals surface area (Å²) in [5, 5.41) is 0. The van der Waals surface area contributed by atoms with E-state index in [0.717, 1.165) is 12.8 Å². The second kappa shape index (κ2) is 8.21. The van der Waals surface area contributed by atoms with Crippen LogP contribution < -0.4 is 0 Å². The number of nitrogens with zero attached hydrogens (tertiary/aromatic N) is 2. The van der Waals surface area contributed by atoms with Gasteiger partial charge in [-0.15, -0.1) is 0 Å². The van der Waals surface area contributed by atoms with Crippen LogP contribution in [-0.2, 0) is 0 Å². The van der Waals surface area contributed by atoms with E-state index in [1.807, 2.05) is 0 Å². The minimum Gasteiger partial charge on any atom is -0.380 e. The number of rotatable bonds is 3. The normalized spacial score (nSPS) is 23.5. The molecule has 0 aliphatic heterocycles. The molecule has 2 heteroatoms. The molecule has 3 rings (SSSR count). The smallest absolute Gasteiger partial charge is 0.183 e. The molecule has 0 saturated carbocycles. The lowest BCUT2D eigenvalue weighted by atomic mass is 9.92. The fraction of sp³-hybridized carbons (Fsp3) is 0.536. The van der Waals surface area contributed by atoms with Gasteiger partial charge in [0.05, 0.1) is 6.42 Å². The lowest BCUT2D eigenvalue weighted by Crippen LogP contribution is -2.11. The molecule has 3 aliphatic carbocycles. The van der Waals surface area contributed by atoms with Crippen molar-refractivity contribution in [3.05, 3.63) is 67.0 Å². The van der Waals surface area contributed by atoms with Crippen LogP contribution in [0.4, 0.5) is 0 Å². The summed E-state index contributed by atoms with van der Waals surface area (Å²) in [5.41, 5.74) is 19.6. The Morgan fingerprint density at radius 2 is 1.27 bits per heavy atom. The van der Waals surface area contributed by atoms with Gasteiger partial charge in [0.1, 0.15) is 14.1 Å². The first-order chi connectivity index (χ1) is 14.0. The Hall–Kier alpha value is -2.09. The Morgan fingerprint density at radius 1 is 0.667 bits per heavy atom. The first-order valence-corrected chi connectivity index (χ1v) is 11.4. The van der Waals surface area contributed by atoms with Crippen molar-refractivity contribution >= 4 is 5.71 Å². The molecule has 3 aliphatic rings. The molecule has 0 N–H and O–H groups in total. The zero-order valence-corrected chi connectivity index (χ0v) is 21.2. The van der Waals surface area contributed by atoms with Gasteiger partial charge in [-0.3, -0.25) is 0 Å². The van der Waals surface area contributed by atoms with Gasteiger partial charge in [-0.1, -0.05) is 0 Å². The van der Waals surface area contributed by atoms with Crippen LogP contribution in [0.2, 0.25) is 0 Å². The molecule has 0 unspecified atom stereocenters. The maximum absolute atomic E-state index is 2.36. The molecule has 0 aromatic heterocycles. The predicted octanol–water partition coefficient (Wildman–Crippen LogP) is 6.74. The van der Waals surface area contributed by atoms with Gasteiger partial charge < -0.3 is 4.90 Å². The summed E-state index contributed by atoms with van der Waals surface area (Å²) in [7, 11) is 8.68. The van der Waals surface area contributed by atoms with Crippen molar-refractivity contribution < 1.29 is 4.58 Å². The molecule has 0 aromatic rings. The first kappa shape index (κ1) is 22.6. The Morgan fingerprint density at radius 3 is 1.77 bits per heavy atom. The Bertz CT molecular complexity index is 1020. The molecule has 0 saturated heterocycles. The molecule has 0 aromatic carbocycles. The Labute approximate surface area is 184 Å². The molecule has 0 atom stereocenters. The SMILES string of the molecule is CC1=C(C)C(=[N+](C)C)CC1=C(C)C1=C(C)C(=C(C)C2=C(C)C(C)=C(N(C)C)C2)CC1. The van der Waals surface area contributed by atoms with Gasteiger partial charge in [0, 0.05) is 31.8 Å².